The van der Waals surface area contributed by atoms with Gasteiger partial charge in [-0.2, -0.15) is 4.31 Å². The van der Waals surface area contributed by atoms with E-state index in [1.165, 1.54) is 26.3 Å². The summed E-state index contributed by atoms with van der Waals surface area (Å²) in [5, 5.41) is 10.7. The van der Waals surface area contributed by atoms with Gasteiger partial charge >= 0.3 is 0 Å². The van der Waals surface area contributed by atoms with Crippen molar-refractivity contribution >= 4 is 21.4 Å². The molecule has 0 amide bonds. The van der Waals surface area contributed by atoms with Crippen molar-refractivity contribution < 1.29 is 18.1 Å². The van der Waals surface area contributed by atoms with E-state index < -0.39 is 20.6 Å². The van der Waals surface area contributed by atoms with Crippen molar-refractivity contribution in [1.82, 2.24) is 4.31 Å². The lowest BCUT2D eigenvalue weighted by Crippen LogP contribution is -2.30. The normalized spacial score (nSPS) is 11.7. The Kier molecular flexibility index (Phi) is 4.81. The topological polar surface area (TPSA) is 116 Å². The molecule has 8 nitrogen and oxygen atoms in total. The average Bonchev–Trinajstić information content (AvgIpc) is 2.35. The van der Waals surface area contributed by atoms with Gasteiger partial charge in [0.25, 0.3) is 5.69 Å². The van der Waals surface area contributed by atoms with Crippen LogP contribution in [0.1, 0.15) is 0 Å². The Morgan fingerprint density at radius 1 is 1.47 bits per heavy atom. The van der Waals surface area contributed by atoms with Gasteiger partial charge in [0.05, 0.1) is 16.4 Å². The van der Waals surface area contributed by atoms with Crippen LogP contribution < -0.4 is 5.73 Å². The molecule has 0 heterocycles. The number of methoxy groups -OCH3 is 1. The van der Waals surface area contributed by atoms with E-state index in [1.807, 2.05) is 0 Å². The lowest BCUT2D eigenvalue weighted by atomic mass is 10.3. The molecule has 1 aromatic carbocycles. The number of nitrogen functional groups attached to an aromatic ring is 1. The molecule has 0 aliphatic carbocycles. The van der Waals surface area contributed by atoms with Gasteiger partial charge in [-0.1, -0.05) is 0 Å². The van der Waals surface area contributed by atoms with E-state index >= 15 is 0 Å². The van der Waals surface area contributed by atoms with E-state index in [2.05, 4.69) is 0 Å². The predicted octanol–water partition coefficient (Wildman–Crippen LogP) is 0.444. The Morgan fingerprint density at radius 2 is 2.11 bits per heavy atom. The van der Waals surface area contributed by atoms with E-state index in [0.29, 0.717) is 0 Å². The molecule has 0 aliphatic rings. The van der Waals surface area contributed by atoms with E-state index in [0.717, 1.165) is 10.4 Å². The standard InChI is InChI=1S/C10H15N3O5S/c1-12(5-6-18-2)19(16,17)8-3-4-9(11)10(7-8)13(14)15/h3-4,7H,5-6,11H2,1-2H3. The second-order valence-electron chi connectivity index (χ2n) is 3.80. The molecule has 106 valence electrons. The summed E-state index contributed by atoms with van der Waals surface area (Å²) >= 11 is 0. The Morgan fingerprint density at radius 3 is 2.63 bits per heavy atom. The van der Waals surface area contributed by atoms with Crippen LogP contribution >= 0.6 is 0 Å². The molecule has 0 aromatic heterocycles. The number of nitrogens with zero attached hydrogens (tertiary/aromatic N) is 2. The summed E-state index contributed by atoms with van der Waals surface area (Å²) < 4.78 is 30.1. The molecular weight excluding hydrogens is 274 g/mol. The zero-order valence-corrected chi connectivity index (χ0v) is 11.4. The monoisotopic (exact) mass is 289 g/mol. The van der Waals surface area contributed by atoms with Gasteiger partial charge in [0.2, 0.25) is 10.0 Å². The van der Waals surface area contributed by atoms with Crippen molar-refractivity contribution in [2.45, 2.75) is 4.90 Å². The highest BCUT2D eigenvalue weighted by Crippen LogP contribution is 2.26. The summed E-state index contributed by atoms with van der Waals surface area (Å²) in [6.07, 6.45) is 0. The lowest BCUT2D eigenvalue weighted by Gasteiger charge is -2.16. The molecule has 2 N–H and O–H groups in total. The van der Waals surface area contributed by atoms with Crippen LogP contribution in [0.25, 0.3) is 0 Å². The molecule has 0 unspecified atom stereocenters. The van der Waals surface area contributed by atoms with E-state index in [1.54, 1.807) is 0 Å². The molecule has 0 saturated heterocycles. The van der Waals surface area contributed by atoms with Crippen LogP contribution in [0.3, 0.4) is 0 Å². The fraction of sp³-hybridized carbons (Fsp3) is 0.400. The molecule has 1 rings (SSSR count). The molecule has 0 spiro atoms. The van der Waals surface area contributed by atoms with Crippen LogP contribution in [0.5, 0.6) is 0 Å². The molecule has 1 aromatic rings. The maximum Gasteiger partial charge on any atom is 0.293 e. The first kappa shape index (κ1) is 15.3. The third kappa shape index (κ3) is 3.40. The second kappa shape index (κ2) is 5.95. The van der Waals surface area contributed by atoms with E-state index in [-0.39, 0.29) is 23.7 Å². The van der Waals surface area contributed by atoms with Gasteiger partial charge in [0.15, 0.2) is 0 Å². The minimum atomic E-state index is -3.79. The second-order valence-corrected chi connectivity index (χ2v) is 5.84. The van der Waals surface area contributed by atoms with Crippen LogP contribution in [0, 0.1) is 10.1 Å². The summed E-state index contributed by atoms with van der Waals surface area (Å²) in [5.41, 5.74) is 4.91. The summed E-state index contributed by atoms with van der Waals surface area (Å²) in [4.78, 5) is 9.85. The predicted molar refractivity (Wildman–Crippen MR) is 69.2 cm³/mol. The molecule has 9 heteroatoms. The molecular formula is C10H15N3O5S. The van der Waals surface area contributed by atoms with Crippen molar-refractivity contribution in [2.24, 2.45) is 0 Å². The summed E-state index contributed by atoms with van der Waals surface area (Å²) in [5.74, 6) is 0. The van der Waals surface area contributed by atoms with Crippen molar-refractivity contribution in [1.29, 1.82) is 0 Å². The number of hydrogen-bond acceptors (Lipinski definition) is 6. The van der Waals surface area contributed by atoms with Crippen molar-refractivity contribution in [2.75, 3.05) is 33.0 Å². The first-order chi connectivity index (χ1) is 8.80. The first-order valence-electron chi connectivity index (χ1n) is 5.30. The third-order valence-electron chi connectivity index (χ3n) is 2.52. The quantitative estimate of drug-likeness (QED) is 0.461. The summed E-state index contributed by atoms with van der Waals surface area (Å²) in [6, 6.07) is 3.39. The number of likely N-dealkylation sites (N-methyl/N-ethyl adjacent to an activating group) is 1. The van der Waals surface area contributed by atoms with E-state index in [4.69, 9.17) is 10.5 Å². The van der Waals surface area contributed by atoms with Crippen molar-refractivity contribution in [3.8, 4) is 0 Å². The number of hydrogen-bond donors (Lipinski definition) is 1. The Hall–Kier alpha value is -1.71. The first-order valence-corrected chi connectivity index (χ1v) is 6.74. The fourth-order valence-corrected chi connectivity index (χ4v) is 2.54. The minimum Gasteiger partial charge on any atom is -0.393 e. The lowest BCUT2D eigenvalue weighted by molar-refractivity contribution is -0.384. The van der Waals surface area contributed by atoms with Crippen LogP contribution in [0.15, 0.2) is 23.1 Å². The number of anilines is 1. The average molecular weight is 289 g/mol. The Labute approximate surface area is 111 Å². The number of sulfonamides is 1. The van der Waals surface area contributed by atoms with E-state index in [9.17, 15) is 18.5 Å². The highest BCUT2D eigenvalue weighted by molar-refractivity contribution is 7.89. The highest BCUT2D eigenvalue weighted by atomic mass is 32.2. The number of ether oxygens (including phenoxy) is 1. The number of nitrogens with two attached hydrogens (primary N) is 1. The number of rotatable bonds is 6. The smallest absolute Gasteiger partial charge is 0.293 e. The van der Waals surface area contributed by atoms with Gasteiger partial charge in [-0.05, 0) is 12.1 Å². The van der Waals surface area contributed by atoms with Gasteiger partial charge < -0.3 is 10.5 Å². The van der Waals surface area contributed by atoms with Crippen molar-refractivity contribution in [3.63, 3.8) is 0 Å². The van der Waals surface area contributed by atoms with Gasteiger partial charge in [0.1, 0.15) is 5.69 Å². The molecule has 0 radical (unpaired) electrons. The van der Waals surface area contributed by atoms with Gasteiger partial charge in [-0.3, -0.25) is 10.1 Å². The highest BCUT2D eigenvalue weighted by Gasteiger charge is 2.24. The molecule has 0 atom stereocenters. The molecule has 0 bridgehead atoms. The molecule has 0 saturated carbocycles. The largest absolute Gasteiger partial charge is 0.393 e. The van der Waals surface area contributed by atoms with Crippen LogP contribution in [-0.4, -0.2) is 45.0 Å². The summed E-state index contributed by atoms with van der Waals surface area (Å²) in [7, 11) is -0.966. The number of nitro groups is 1. The molecule has 0 fully saturated rings. The zero-order chi connectivity index (χ0) is 14.6. The fourth-order valence-electron chi connectivity index (χ4n) is 1.36. The SMILES string of the molecule is COCCN(C)S(=O)(=O)c1ccc(N)c([N+](=O)[O-])c1. The van der Waals surface area contributed by atoms with Crippen LogP contribution in [0.2, 0.25) is 0 Å². The zero-order valence-electron chi connectivity index (χ0n) is 10.6. The van der Waals surface area contributed by atoms with Crippen LogP contribution in [0.4, 0.5) is 11.4 Å². The van der Waals surface area contributed by atoms with Gasteiger partial charge in [0, 0.05) is 26.8 Å². The number of nitro benzene ring substituents is 1. The Balaban J connectivity index is 3.15. The van der Waals surface area contributed by atoms with Crippen LogP contribution in [-0.2, 0) is 14.8 Å². The maximum absolute atomic E-state index is 12.1. The number of benzene rings is 1. The Bertz CT molecular complexity index is 573. The van der Waals surface area contributed by atoms with Crippen molar-refractivity contribution in [3.05, 3.63) is 28.3 Å². The molecule has 0 aliphatic heterocycles. The maximum atomic E-state index is 12.1. The van der Waals surface area contributed by atoms with Gasteiger partial charge in [-0.25, -0.2) is 8.42 Å². The summed E-state index contributed by atoms with van der Waals surface area (Å²) in [6.45, 7) is 0.379. The molecule has 19 heavy (non-hydrogen) atoms. The van der Waals surface area contributed by atoms with Gasteiger partial charge in [-0.15, -0.1) is 0 Å². The third-order valence-corrected chi connectivity index (χ3v) is 4.37. The minimum absolute atomic E-state index is 0.0801.